The fraction of sp³-hybridized carbons (Fsp3) is 0.905. The summed E-state index contributed by atoms with van der Waals surface area (Å²) in [6.07, 6.45) is 5.02. The Morgan fingerprint density at radius 2 is 1.74 bits per heavy atom. The van der Waals surface area contributed by atoms with E-state index in [1.807, 2.05) is 0 Å². The SMILES string of the molecule is CC12CC3CC(C)(C1)CC(OCCN[C@@H]1C=C(CF)[C@H](O)[C@H](O)[C@H]1O)(C3)C2. The number of nitrogens with one attached hydrogen (secondary N) is 1. The monoisotopic (exact) mass is 383 g/mol. The molecule has 5 aliphatic carbocycles. The molecule has 0 aromatic carbocycles. The molecule has 0 aromatic rings. The van der Waals surface area contributed by atoms with Crippen molar-refractivity contribution in [3.63, 3.8) is 0 Å². The van der Waals surface area contributed by atoms with Crippen molar-refractivity contribution in [2.24, 2.45) is 16.7 Å². The zero-order chi connectivity index (χ0) is 19.4. The molecule has 154 valence electrons. The second-order valence-electron chi connectivity index (χ2n) is 10.4. The summed E-state index contributed by atoms with van der Waals surface area (Å²) in [5.41, 5.74) is 0.902. The van der Waals surface area contributed by atoms with Gasteiger partial charge in [-0.15, -0.1) is 0 Å². The van der Waals surface area contributed by atoms with Gasteiger partial charge in [0.2, 0.25) is 0 Å². The molecule has 4 fully saturated rings. The molecule has 4 bridgehead atoms. The Kier molecular flexibility index (Phi) is 4.96. The van der Waals surface area contributed by atoms with Crippen LogP contribution in [0.2, 0.25) is 0 Å². The van der Waals surface area contributed by atoms with Crippen LogP contribution in [0.15, 0.2) is 11.6 Å². The molecule has 5 rings (SSSR count). The quantitative estimate of drug-likeness (QED) is 0.415. The van der Waals surface area contributed by atoms with Gasteiger partial charge in [-0.3, -0.25) is 0 Å². The maximum absolute atomic E-state index is 13.0. The number of alkyl halides is 1. The number of halogens is 1. The molecule has 0 spiro atoms. The Morgan fingerprint density at radius 1 is 1.07 bits per heavy atom. The minimum Gasteiger partial charge on any atom is -0.388 e. The van der Waals surface area contributed by atoms with E-state index < -0.39 is 31.0 Å². The lowest BCUT2D eigenvalue weighted by Gasteiger charge is -2.65. The summed E-state index contributed by atoms with van der Waals surface area (Å²) in [4.78, 5) is 0. The van der Waals surface area contributed by atoms with Gasteiger partial charge in [-0.2, -0.15) is 0 Å². The highest BCUT2D eigenvalue weighted by Gasteiger charge is 2.60. The van der Waals surface area contributed by atoms with Gasteiger partial charge in [-0.05, 0) is 60.8 Å². The van der Waals surface area contributed by atoms with E-state index in [0.29, 0.717) is 24.0 Å². The number of hydrogen-bond acceptors (Lipinski definition) is 5. The smallest absolute Gasteiger partial charge is 0.113 e. The van der Waals surface area contributed by atoms with Gasteiger partial charge < -0.3 is 25.4 Å². The van der Waals surface area contributed by atoms with Crippen LogP contribution in [-0.2, 0) is 4.74 Å². The highest BCUT2D eigenvalue weighted by atomic mass is 19.1. The third-order valence-corrected chi connectivity index (χ3v) is 7.43. The van der Waals surface area contributed by atoms with E-state index in [0.717, 1.165) is 25.2 Å². The third kappa shape index (κ3) is 3.60. The fourth-order valence-electron chi connectivity index (χ4n) is 7.35. The Hall–Kier alpha value is -0.530. The van der Waals surface area contributed by atoms with E-state index in [-0.39, 0.29) is 11.2 Å². The molecular weight excluding hydrogens is 349 g/mol. The molecule has 0 amide bonds. The standard InChI is InChI=1S/C21H34FNO4/c1-19-6-13-7-20(2,10-19)12-21(8-13,11-19)27-4-3-23-15-5-14(9-22)16(24)18(26)17(15)25/h5,13,15-18,23-26H,3-4,6-12H2,1-2H3/t13?,15-,16+,17+,18+,19?,20?,21?/m1/s1. The van der Waals surface area contributed by atoms with Gasteiger partial charge >= 0.3 is 0 Å². The van der Waals surface area contributed by atoms with Gasteiger partial charge in [0.15, 0.2) is 0 Å². The van der Waals surface area contributed by atoms with Crippen molar-refractivity contribution in [3.05, 3.63) is 11.6 Å². The molecule has 27 heavy (non-hydrogen) atoms. The summed E-state index contributed by atoms with van der Waals surface area (Å²) in [6.45, 7) is 5.04. The van der Waals surface area contributed by atoms with Crippen LogP contribution in [0.5, 0.6) is 0 Å². The van der Waals surface area contributed by atoms with E-state index in [9.17, 15) is 19.7 Å². The summed E-state index contributed by atoms with van der Waals surface area (Å²) >= 11 is 0. The topological polar surface area (TPSA) is 82.0 Å². The average molecular weight is 384 g/mol. The maximum atomic E-state index is 13.0. The molecule has 5 nitrogen and oxygen atoms in total. The second kappa shape index (κ2) is 6.77. The van der Waals surface area contributed by atoms with Crippen molar-refractivity contribution >= 4 is 0 Å². The van der Waals surface area contributed by atoms with Gasteiger partial charge in [-0.1, -0.05) is 19.9 Å². The van der Waals surface area contributed by atoms with Crippen LogP contribution in [0, 0.1) is 16.7 Å². The first-order chi connectivity index (χ1) is 12.7. The molecule has 2 unspecified atom stereocenters. The van der Waals surface area contributed by atoms with Crippen LogP contribution in [0.4, 0.5) is 4.39 Å². The zero-order valence-corrected chi connectivity index (χ0v) is 16.5. The summed E-state index contributed by atoms with van der Waals surface area (Å²) in [5, 5.41) is 33.0. The lowest BCUT2D eigenvalue weighted by atomic mass is 9.43. The zero-order valence-electron chi connectivity index (χ0n) is 16.5. The molecule has 0 aromatic heterocycles. The van der Waals surface area contributed by atoms with E-state index in [1.54, 1.807) is 0 Å². The Balaban J connectivity index is 1.34. The molecule has 0 radical (unpaired) electrons. The first-order valence-electron chi connectivity index (χ1n) is 10.3. The summed E-state index contributed by atoms with van der Waals surface area (Å²) in [6, 6.07) is -0.579. The van der Waals surface area contributed by atoms with E-state index >= 15 is 0 Å². The van der Waals surface area contributed by atoms with Gasteiger partial charge in [0.25, 0.3) is 0 Å². The third-order valence-electron chi connectivity index (χ3n) is 7.43. The van der Waals surface area contributed by atoms with Crippen LogP contribution < -0.4 is 5.32 Å². The van der Waals surface area contributed by atoms with Gasteiger partial charge in [0.05, 0.1) is 18.2 Å². The normalized spacial score (nSPS) is 51.5. The highest BCUT2D eigenvalue weighted by molar-refractivity contribution is 5.21. The van der Waals surface area contributed by atoms with Crippen LogP contribution >= 0.6 is 0 Å². The molecule has 6 heteroatoms. The van der Waals surface area contributed by atoms with Crippen molar-refractivity contribution in [1.82, 2.24) is 5.32 Å². The minimum absolute atomic E-state index is 0.0224. The summed E-state index contributed by atoms with van der Waals surface area (Å²) < 4.78 is 19.5. The van der Waals surface area contributed by atoms with Crippen molar-refractivity contribution in [3.8, 4) is 0 Å². The van der Waals surface area contributed by atoms with E-state index in [2.05, 4.69) is 19.2 Å². The minimum atomic E-state index is -1.37. The van der Waals surface area contributed by atoms with Crippen LogP contribution in [0.25, 0.3) is 0 Å². The number of aliphatic hydroxyl groups is 3. The average Bonchev–Trinajstić information content (AvgIpc) is 2.55. The van der Waals surface area contributed by atoms with Crippen LogP contribution in [-0.4, -0.2) is 65.1 Å². The lowest BCUT2D eigenvalue weighted by Crippen LogP contribution is -2.60. The number of ether oxygens (including phenoxy) is 1. The first-order valence-corrected chi connectivity index (χ1v) is 10.3. The molecule has 0 aliphatic heterocycles. The van der Waals surface area contributed by atoms with Gasteiger partial charge in [0, 0.05) is 6.54 Å². The highest BCUT2D eigenvalue weighted by Crippen LogP contribution is 2.67. The number of aliphatic hydroxyl groups excluding tert-OH is 3. The molecule has 4 saturated carbocycles. The van der Waals surface area contributed by atoms with Crippen molar-refractivity contribution in [2.75, 3.05) is 19.8 Å². The maximum Gasteiger partial charge on any atom is 0.113 e. The fourth-order valence-corrected chi connectivity index (χ4v) is 7.35. The van der Waals surface area contributed by atoms with Gasteiger partial charge in [0.1, 0.15) is 25.0 Å². The van der Waals surface area contributed by atoms with Crippen molar-refractivity contribution in [2.45, 2.75) is 82.3 Å². The largest absolute Gasteiger partial charge is 0.388 e. The molecule has 5 aliphatic rings. The first kappa shape index (κ1) is 19.8. The van der Waals surface area contributed by atoms with Gasteiger partial charge in [-0.25, -0.2) is 4.39 Å². The Morgan fingerprint density at radius 3 is 2.33 bits per heavy atom. The van der Waals surface area contributed by atoms with Crippen molar-refractivity contribution < 1.29 is 24.4 Å². The molecule has 0 heterocycles. The van der Waals surface area contributed by atoms with Crippen molar-refractivity contribution in [1.29, 1.82) is 0 Å². The molecule has 4 N–H and O–H groups in total. The Labute approximate surface area is 161 Å². The predicted molar refractivity (Wildman–Crippen MR) is 100.0 cm³/mol. The lowest BCUT2D eigenvalue weighted by molar-refractivity contribution is -0.213. The molecular formula is C21H34FNO4. The second-order valence-corrected chi connectivity index (χ2v) is 10.4. The predicted octanol–water partition coefficient (Wildman–Crippen LogP) is 1.70. The Bertz CT molecular complexity index is 593. The molecule has 6 atom stereocenters. The number of rotatable bonds is 6. The van der Waals surface area contributed by atoms with E-state index in [1.165, 1.54) is 25.3 Å². The number of hydrogen-bond donors (Lipinski definition) is 4. The van der Waals surface area contributed by atoms with E-state index in [4.69, 9.17) is 4.74 Å². The summed E-state index contributed by atoms with van der Waals surface area (Å²) in [5.74, 6) is 0.774. The van der Waals surface area contributed by atoms with Crippen LogP contribution in [0.3, 0.4) is 0 Å². The van der Waals surface area contributed by atoms with Crippen LogP contribution in [0.1, 0.15) is 52.4 Å². The summed E-state index contributed by atoms with van der Waals surface area (Å²) in [7, 11) is 0. The molecule has 0 saturated heterocycles.